The Morgan fingerprint density at radius 2 is 1.89 bits per heavy atom. The lowest BCUT2D eigenvalue weighted by Gasteiger charge is -2.14. The summed E-state index contributed by atoms with van der Waals surface area (Å²) in [6, 6.07) is 14.5. The van der Waals surface area contributed by atoms with Crippen LogP contribution in [0.2, 0.25) is 0 Å². The summed E-state index contributed by atoms with van der Waals surface area (Å²) < 4.78 is 16.2. The van der Waals surface area contributed by atoms with Crippen LogP contribution in [0, 0.1) is 12.7 Å². The Balaban J connectivity index is 1.56. The molecule has 5 nitrogen and oxygen atoms in total. The molecular weight excluding hydrogens is 375 g/mol. The molecule has 7 heteroatoms. The number of rotatable bonds is 6. The second-order valence-electron chi connectivity index (χ2n) is 6.95. The van der Waals surface area contributed by atoms with Gasteiger partial charge in [-0.2, -0.15) is 0 Å². The molecule has 1 aromatic heterocycles. The van der Waals surface area contributed by atoms with Gasteiger partial charge in [-0.25, -0.2) is 4.39 Å². The van der Waals surface area contributed by atoms with Gasteiger partial charge in [0.2, 0.25) is 5.91 Å². The number of carbonyl (C=O) groups excluding carboxylic acids is 1. The molecule has 1 amide bonds. The molecule has 1 N–H and O–H groups in total. The topological polar surface area (TPSA) is 59.8 Å². The third-order valence-electron chi connectivity index (χ3n) is 4.75. The molecule has 0 aliphatic heterocycles. The van der Waals surface area contributed by atoms with Gasteiger partial charge in [-0.1, -0.05) is 42.1 Å². The summed E-state index contributed by atoms with van der Waals surface area (Å²) in [4.78, 5) is 12.6. The largest absolute Gasteiger partial charge is 0.325 e. The summed E-state index contributed by atoms with van der Waals surface area (Å²) in [5.74, 6) is 0.102. The first-order chi connectivity index (χ1) is 13.5. The van der Waals surface area contributed by atoms with E-state index in [2.05, 4.69) is 15.5 Å². The number of para-hydroxylation sites is 1. The van der Waals surface area contributed by atoms with Gasteiger partial charge in [0.25, 0.3) is 0 Å². The van der Waals surface area contributed by atoms with Gasteiger partial charge in [0, 0.05) is 11.7 Å². The highest BCUT2D eigenvalue weighted by atomic mass is 32.2. The zero-order valence-corrected chi connectivity index (χ0v) is 16.5. The normalized spacial score (nSPS) is 14.7. The first-order valence-electron chi connectivity index (χ1n) is 9.27. The van der Waals surface area contributed by atoms with Gasteiger partial charge in [-0.15, -0.1) is 10.2 Å². The average Bonchev–Trinajstić information content (AvgIpc) is 3.44. The number of halogens is 1. The van der Waals surface area contributed by atoms with E-state index in [1.165, 1.54) is 17.8 Å². The standard InChI is InChI=1S/C21H21FN4OS/c1-13-7-3-6-10-18(13)23-20(27)14(2)28-21-25-24-19(26(21)15-11-12-15)16-8-4-5-9-17(16)22/h3-10,14-15H,11-12H2,1-2H3,(H,23,27). The monoisotopic (exact) mass is 396 g/mol. The predicted molar refractivity (Wildman–Crippen MR) is 109 cm³/mol. The van der Waals surface area contributed by atoms with Crippen molar-refractivity contribution < 1.29 is 9.18 Å². The molecule has 1 atom stereocenters. The predicted octanol–water partition coefficient (Wildman–Crippen LogP) is 4.85. The van der Waals surface area contributed by atoms with Crippen molar-refractivity contribution in [2.24, 2.45) is 0 Å². The van der Waals surface area contributed by atoms with E-state index in [9.17, 15) is 9.18 Å². The second-order valence-corrected chi connectivity index (χ2v) is 8.26. The van der Waals surface area contributed by atoms with Crippen molar-refractivity contribution in [2.75, 3.05) is 5.32 Å². The third kappa shape index (κ3) is 3.80. The Kier molecular flexibility index (Phi) is 5.17. The molecule has 0 saturated heterocycles. The van der Waals surface area contributed by atoms with Gasteiger partial charge in [0.1, 0.15) is 5.82 Å². The van der Waals surface area contributed by atoms with Gasteiger partial charge in [0.05, 0.1) is 10.8 Å². The smallest absolute Gasteiger partial charge is 0.237 e. The van der Waals surface area contributed by atoms with Gasteiger partial charge in [-0.3, -0.25) is 9.36 Å². The zero-order chi connectivity index (χ0) is 19.7. The highest BCUT2D eigenvalue weighted by molar-refractivity contribution is 8.00. The molecule has 1 saturated carbocycles. The number of benzene rings is 2. The maximum absolute atomic E-state index is 14.3. The minimum Gasteiger partial charge on any atom is -0.325 e. The van der Waals surface area contributed by atoms with E-state index in [4.69, 9.17) is 0 Å². The molecule has 144 valence electrons. The number of hydrogen-bond acceptors (Lipinski definition) is 4. The number of carbonyl (C=O) groups is 1. The van der Waals surface area contributed by atoms with Gasteiger partial charge < -0.3 is 5.32 Å². The van der Waals surface area contributed by atoms with E-state index in [1.807, 2.05) is 42.7 Å². The molecule has 0 bridgehead atoms. The highest BCUT2D eigenvalue weighted by Crippen LogP contribution is 2.42. The van der Waals surface area contributed by atoms with E-state index in [1.54, 1.807) is 18.2 Å². The van der Waals surface area contributed by atoms with Crippen LogP contribution in [0.25, 0.3) is 11.4 Å². The van der Waals surface area contributed by atoms with Crippen LogP contribution in [0.4, 0.5) is 10.1 Å². The molecule has 28 heavy (non-hydrogen) atoms. The molecule has 4 rings (SSSR count). The Bertz CT molecular complexity index is 1020. The third-order valence-corrected chi connectivity index (χ3v) is 5.80. The van der Waals surface area contributed by atoms with Crippen LogP contribution in [-0.2, 0) is 4.79 Å². The van der Waals surface area contributed by atoms with Crippen LogP contribution in [0.5, 0.6) is 0 Å². The summed E-state index contributed by atoms with van der Waals surface area (Å²) in [5, 5.41) is 11.8. The molecule has 2 aromatic carbocycles. The SMILES string of the molecule is Cc1ccccc1NC(=O)C(C)Sc1nnc(-c2ccccc2F)n1C1CC1. The molecule has 1 heterocycles. The van der Waals surface area contributed by atoms with Crippen LogP contribution in [-0.4, -0.2) is 25.9 Å². The van der Waals surface area contributed by atoms with Gasteiger partial charge in [0.15, 0.2) is 11.0 Å². The maximum Gasteiger partial charge on any atom is 0.237 e. The van der Waals surface area contributed by atoms with E-state index >= 15 is 0 Å². The van der Waals surface area contributed by atoms with Gasteiger partial charge >= 0.3 is 0 Å². The molecule has 1 fully saturated rings. The minimum atomic E-state index is -0.366. The summed E-state index contributed by atoms with van der Waals surface area (Å²) >= 11 is 1.35. The number of aromatic nitrogens is 3. The van der Waals surface area contributed by atoms with E-state index < -0.39 is 0 Å². The van der Waals surface area contributed by atoms with Crippen molar-refractivity contribution in [3.8, 4) is 11.4 Å². The molecule has 0 spiro atoms. The molecule has 3 aromatic rings. The first-order valence-corrected chi connectivity index (χ1v) is 10.2. The zero-order valence-electron chi connectivity index (χ0n) is 15.7. The highest BCUT2D eigenvalue weighted by Gasteiger charge is 2.32. The molecule has 1 aliphatic rings. The summed E-state index contributed by atoms with van der Waals surface area (Å²) in [7, 11) is 0. The number of amides is 1. The fourth-order valence-corrected chi connectivity index (χ4v) is 3.92. The Morgan fingerprint density at radius 3 is 2.61 bits per heavy atom. The van der Waals surface area contributed by atoms with E-state index in [0.29, 0.717) is 16.5 Å². The van der Waals surface area contributed by atoms with Crippen LogP contribution in [0.15, 0.2) is 53.7 Å². The number of thioether (sulfide) groups is 1. The van der Waals surface area contributed by atoms with E-state index in [0.717, 1.165) is 24.1 Å². The second kappa shape index (κ2) is 7.75. The van der Waals surface area contributed by atoms with E-state index in [-0.39, 0.29) is 23.0 Å². The summed E-state index contributed by atoms with van der Waals surface area (Å²) in [6.45, 7) is 3.80. The lowest BCUT2D eigenvalue weighted by Crippen LogP contribution is -2.23. The first kappa shape index (κ1) is 18.7. The fourth-order valence-electron chi connectivity index (χ4n) is 3.00. The lowest BCUT2D eigenvalue weighted by atomic mass is 10.2. The number of nitrogens with one attached hydrogen (secondary N) is 1. The van der Waals surface area contributed by atoms with Crippen LogP contribution >= 0.6 is 11.8 Å². The number of nitrogens with zero attached hydrogens (tertiary/aromatic N) is 3. The van der Waals surface area contributed by atoms with Crippen molar-refractivity contribution in [1.29, 1.82) is 0 Å². The molecular formula is C21H21FN4OS. The van der Waals surface area contributed by atoms with Crippen molar-refractivity contribution in [3.05, 3.63) is 59.9 Å². The number of aryl methyl sites for hydroxylation is 1. The molecule has 0 radical (unpaired) electrons. The summed E-state index contributed by atoms with van der Waals surface area (Å²) in [6.07, 6.45) is 2.02. The number of anilines is 1. The minimum absolute atomic E-state index is 0.0999. The Labute approximate surface area is 167 Å². The average molecular weight is 396 g/mol. The molecule has 1 aliphatic carbocycles. The van der Waals surface area contributed by atoms with Crippen molar-refractivity contribution in [1.82, 2.24) is 14.8 Å². The van der Waals surface area contributed by atoms with Crippen LogP contribution in [0.3, 0.4) is 0 Å². The maximum atomic E-state index is 14.3. The Morgan fingerprint density at radius 1 is 1.18 bits per heavy atom. The van der Waals surface area contributed by atoms with Crippen molar-refractivity contribution in [3.63, 3.8) is 0 Å². The fraction of sp³-hybridized carbons (Fsp3) is 0.286. The quantitative estimate of drug-likeness (QED) is 0.605. The lowest BCUT2D eigenvalue weighted by molar-refractivity contribution is -0.115. The Hall–Kier alpha value is -2.67. The van der Waals surface area contributed by atoms with Crippen LogP contribution in [0.1, 0.15) is 31.4 Å². The van der Waals surface area contributed by atoms with Gasteiger partial charge in [-0.05, 0) is 50.5 Å². The van der Waals surface area contributed by atoms with Crippen LogP contribution < -0.4 is 5.32 Å². The van der Waals surface area contributed by atoms with Crippen molar-refractivity contribution >= 4 is 23.4 Å². The number of hydrogen-bond donors (Lipinski definition) is 1. The summed E-state index contributed by atoms with van der Waals surface area (Å²) in [5.41, 5.74) is 2.25. The molecule has 1 unspecified atom stereocenters. The van der Waals surface area contributed by atoms with Crippen molar-refractivity contribution in [2.45, 2.75) is 43.1 Å².